The van der Waals surface area contributed by atoms with Gasteiger partial charge in [-0.3, -0.25) is 4.79 Å². The fourth-order valence-electron chi connectivity index (χ4n) is 3.68. The smallest absolute Gasteiger partial charge is 0.259 e. The van der Waals surface area contributed by atoms with Crippen LogP contribution in [0.5, 0.6) is 5.75 Å². The lowest BCUT2D eigenvalue weighted by atomic mass is 9.99. The largest absolute Gasteiger partial charge is 0.497 e. The Morgan fingerprint density at radius 1 is 1.25 bits per heavy atom. The van der Waals surface area contributed by atoms with Gasteiger partial charge in [0.25, 0.3) is 5.91 Å². The van der Waals surface area contributed by atoms with Crippen LogP contribution in [0.25, 0.3) is 11.3 Å². The third-order valence-corrected chi connectivity index (χ3v) is 5.51. The molecule has 0 radical (unpaired) electrons. The topological polar surface area (TPSA) is 55.6 Å². The first kappa shape index (κ1) is 18.6. The minimum atomic E-state index is -0.0617. The van der Waals surface area contributed by atoms with Crippen molar-refractivity contribution < 1.29 is 14.1 Å². The first-order chi connectivity index (χ1) is 13.7. The molecule has 1 aromatic heterocycles. The van der Waals surface area contributed by atoms with Gasteiger partial charge in [0.2, 0.25) is 0 Å². The van der Waals surface area contributed by atoms with Gasteiger partial charge in [0, 0.05) is 18.7 Å². The number of nitrogens with zero attached hydrogens (tertiary/aromatic N) is 2. The average molecular weight is 397 g/mol. The highest BCUT2D eigenvalue weighted by Crippen LogP contribution is 2.32. The van der Waals surface area contributed by atoms with E-state index in [1.807, 2.05) is 35.2 Å². The lowest BCUT2D eigenvalue weighted by Crippen LogP contribution is -2.29. The normalized spacial score (nSPS) is 16.4. The lowest BCUT2D eigenvalue weighted by molar-refractivity contribution is 0.0787. The molecule has 0 aliphatic carbocycles. The maximum absolute atomic E-state index is 13.1. The van der Waals surface area contributed by atoms with Crippen LogP contribution in [0.1, 0.15) is 22.3 Å². The summed E-state index contributed by atoms with van der Waals surface area (Å²) in [4.78, 5) is 14.9. The van der Waals surface area contributed by atoms with Crippen molar-refractivity contribution >= 4 is 17.5 Å². The van der Waals surface area contributed by atoms with Crippen LogP contribution in [0.4, 0.5) is 0 Å². The van der Waals surface area contributed by atoms with Crippen LogP contribution in [0, 0.1) is 5.92 Å². The number of methoxy groups -OCH3 is 1. The zero-order valence-electron chi connectivity index (χ0n) is 15.6. The summed E-state index contributed by atoms with van der Waals surface area (Å²) in [5, 5.41) is 4.38. The number of hydrogen-bond donors (Lipinski definition) is 0. The summed E-state index contributed by atoms with van der Waals surface area (Å²) in [5.74, 6) is 1.65. The fourth-order valence-corrected chi connectivity index (χ4v) is 3.90. The Hall–Kier alpha value is -2.79. The molecule has 3 aromatic rings. The second kappa shape index (κ2) is 8.07. The molecule has 1 aliphatic heterocycles. The zero-order chi connectivity index (χ0) is 19.5. The van der Waals surface area contributed by atoms with Gasteiger partial charge in [0.1, 0.15) is 11.3 Å². The second-order valence-corrected chi connectivity index (χ2v) is 7.41. The van der Waals surface area contributed by atoms with Crippen molar-refractivity contribution in [3.8, 4) is 17.1 Å². The third kappa shape index (κ3) is 3.76. The minimum Gasteiger partial charge on any atom is -0.497 e. The van der Waals surface area contributed by atoms with Gasteiger partial charge in [-0.05, 0) is 48.6 Å². The maximum Gasteiger partial charge on any atom is 0.259 e. The predicted octanol–water partition coefficient (Wildman–Crippen LogP) is 4.71. The monoisotopic (exact) mass is 396 g/mol. The molecule has 28 heavy (non-hydrogen) atoms. The molecule has 1 saturated heterocycles. The van der Waals surface area contributed by atoms with E-state index in [0.29, 0.717) is 27.8 Å². The number of hydrogen-bond acceptors (Lipinski definition) is 4. The van der Waals surface area contributed by atoms with Gasteiger partial charge in [0.05, 0.1) is 18.3 Å². The standard InChI is InChI=1S/C22H21ClN2O3/c1-27-17-8-6-15(7-9-17)12-16-10-11-25(14-16)22(26)19-13-24-28-21(19)18-4-2-3-5-20(18)23/h2-9,13,16H,10-12,14H2,1H3. The van der Waals surface area contributed by atoms with Gasteiger partial charge in [-0.25, -0.2) is 0 Å². The Morgan fingerprint density at radius 2 is 2.04 bits per heavy atom. The number of amides is 1. The summed E-state index contributed by atoms with van der Waals surface area (Å²) in [5.41, 5.74) is 2.39. The molecule has 1 aliphatic rings. The molecule has 1 atom stereocenters. The molecule has 1 amide bonds. The number of likely N-dealkylation sites (tertiary alicyclic amines) is 1. The SMILES string of the molecule is COc1ccc(CC2CCN(C(=O)c3cnoc3-c3ccccc3Cl)C2)cc1. The maximum atomic E-state index is 13.1. The van der Waals surface area contributed by atoms with Crippen molar-refractivity contribution in [3.63, 3.8) is 0 Å². The Bertz CT molecular complexity index is 968. The minimum absolute atomic E-state index is 0.0617. The zero-order valence-corrected chi connectivity index (χ0v) is 16.4. The molecule has 0 bridgehead atoms. The van der Waals surface area contributed by atoms with Crippen molar-refractivity contribution in [1.29, 1.82) is 0 Å². The first-order valence-electron chi connectivity index (χ1n) is 9.27. The molecule has 0 N–H and O–H groups in total. The van der Waals surface area contributed by atoms with Crippen molar-refractivity contribution in [3.05, 3.63) is 70.9 Å². The summed E-state index contributed by atoms with van der Waals surface area (Å²) in [6.07, 6.45) is 3.40. The van der Waals surface area contributed by atoms with E-state index in [-0.39, 0.29) is 5.91 Å². The number of carbonyl (C=O) groups excluding carboxylic acids is 1. The molecular weight excluding hydrogens is 376 g/mol. The van der Waals surface area contributed by atoms with E-state index in [0.717, 1.165) is 31.7 Å². The summed E-state index contributed by atoms with van der Waals surface area (Å²) < 4.78 is 10.6. The highest BCUT2D eigenvalue weighted by atomic mass is 35.5. The van der Waals surface area contributed by atoms with E-state index in [4.69, 9.17) is 20.9 Å². The van der Waals surface area contributed by atoms with Gasteiger partial charge >= 0.3 is 0 Å². The van der Waals surface area contributed by atoms with Crippen LogP contribution < -0.4 is 4.74 Å². The van der Waals surface area contributed by atoms with Crippen LogP contribution >= 0.6 is 11.6 Å². The van der Waals surface area contributed by atoms with Crippen molar-refractivity contribution in [2.75, 3.05) is 20.2 Å². The summed E-state index contributed by atoms with van der Waals surface area (Å²) in [6.45, 7) is 1.45. The molecule has 5 nitrogen and oxygen atoms in total. The summed E-state index contributed by atoms with van der Waals surface area (Å²) >= 11 is 6.27. The molecule has 144 valence electrons. The van der Waals surface area contributed by atoms with Gasteiger partial charge in [0.15, 0.2) is 5.76 Å². The molecule has 2 heterocycles. The molecule has 1 unspecified atom stereocenters. The van der Waals surface area contributed by atoms with Gasteiger partial charge < -0.3 is 14.2 Å². The Balaban J connectivity index is 1.45. The van der Waals surface area contributed by atoms with Crippen LogP contribution in [0.15, 0.2) is 59.3 Å². The van der Waals surface area contributed by atoms with E-state index in [2.05, 4.69) is 17.3 Å². The molecule has 6 heteroatoms. The van der Waals surface area contributed by atoms with Crippen molar-refractivity contribution in [1.82, 2.24) is 10.1 Å². The van der Waals surface area contributed by atoms with Crippen molar-refractivity contribution in [2.45, 2.75) is 12.8 Å². The molecule has 1 fully saturated rings. The molecular formula is C22H21ClN2O3. The number of ether oxygens (including phenoxy) is 1. The van der Waals surface area contributed by atoms with Gasteiger partial charge in [-0.2, -0.15) is 0 Å². The molecule has 0 saturated carbocycles. The van der Waals surface area contributed by atoms with Gasteiger partial charge in [-0.1, -0.05) is 41.0 Å². The van der Waals surface area contributed by atoms with Crippen LogP contribution in [-0.4, -0.2) is 36.2 Å². The number of benzene rings is 2. The average Bonchev–Trinajstić information content (AvgIpc) is 3.38. The van der Waals surface area contributed by atoms with E-state index < -0.39 is 0 Å². The number of carbonyl (C=O) groups is 1. The van der Waals surface area contributed by atoms with Gasteiger partial charge in [-0.15, -0.1) is 0 Å². The Morgan fingerprint density at radius 3 is 2.79 bits per heavy atom. The molecule has 4 rings (SSSR count). The third-order valence-electron chi connectivity index (χ3n) is 5.18. The van der Waals surface area contributed by atoms with Crippen molar-refractivity contribution in [2.24, 2.45) is 5.92 Å². The van der Waals surface area contributed by atoms with E-state index in [1.54, 1.807) is 13.2 Å². The number of aromatic nitrogens is 1. The van der Waals surface area contributed by atoms with Crippen LogP contribution in [0.3, 0.4) is 0 Å². The Labute approximate surface area is 168 Å². The number of halogens is 1. The Kier molecular flexibility index (Phi) is 5.35. The molecule has 2 aromatic carbocycles. The van der Waals surface area contributed by atoms with E-state index in [1.165, 1.54) is 11.8 Å². The van der Waals surface area contributed by atoms with E-state index in [9.17, 15) is 4.79 Å². The second-order valence-electron chi connectivity index (χ2n) is 7.01. The fraction of sp³-hybridized carbons (Fsp3) is 0.273. The lowest BCUT2D eigenvalue weighted by Gasteiger charge is -2.16. The number of rotatable bonds is 5. The summed E-state index contributed by atoms with van der Waals surface area (Å²) in [7, 11) is 1.66. The first-order valence-corrected chi connectivity index (χ1v) is 9.65. The summed E-state index contributed by atoms with van der Waals surface area (Å²) in [6, 6.07) is 15.4. The predicted molar refractivity (Wildman–Crippen MR) is 108 cm³/mol. The van der Waals surface area contributed by atoms with Crippen LogP contribution in [-0.2, 0) is 6.42 Å². The highest BCUT2D eigenvalue weighted by molar-refractivity contribution is 6.33. The molecule has 0 spiro atoms. The van der Waals surface area contributed by atoms with E-state index >= 15 is 0 Å². The highest BCUT2D eigenvalue weighted by Gasteiger charge is 2.30. The quantitative estimate of drug-likeness (QED) is 0.626. The van der Waals surface area contributed by atoms with Crippen LogP contribution in [0.2, 0.25) is 5.02 Å².